The zero-order valence-electron chi connectivity index (χ0n) is 9.25. The predicted molar refractivity (Wildman–Crippen MR) is 60.0 cm³/mol. The number of aliphatic hydroxyl groups is 1. The van der Waals surface area contributed by atoms with E-state index in [-0.39, 0.29) is 5.75 Å². The minimum atomic E-state index is -1.11. The first-order chi connectivity index (χ1) is 7.51. The van der Waals surface area contributed by atoms with Gasteiger partial charge in [-0.15, -0.1) is 0 Å². The molecule has 0 aliphatic carbocycles. The zero-order chi connectivity index (χ0) is 11.8. The van der Waals surface area contributed by atoms with Crippen molar-refractivity contribution in [3.8, 4) is 5.75 Å². The van der Waals surface area contributed by atoms with Crippen molar-refractivity contribution in [3.63, 3.8) is 0 Å². The molecule has 0 aliphatic rings. The smallest absolute Gasteiger partial charge is 0.128 e. The average Bonchev–Trinajstić information content (AvgIpc) is 2.66. The maximum Gasteiger partial charge on any atom is 0.128 e. The van der Waals surface area contributed by atoms with Crippen LogP contribution in [0.1, 0.15) is 18.2 Å². The molecule has 0 saturated carbocycles. The van der Waals surface area contributed by atoms with Crippen LogP contribution in [0.5, 0.6) is 5.75 Å². The average molecular weight is 218 g/mol. The molecule has 0 amide bonds. The number of benzene rings is 1. The summed E-state index contributed by atoms with van der Waals surface area (Å²) in [6, 6.07) is 8.28. The van der Waals surface area contributed by atoms with E-state index in [1.165, 1.54) is 0 Å². The van der Waals surface area contributed by atoms with Crippen LogP contribution in [0.2, 0.25) is 0 Å². The Morgan fingerprint density at radius 3 is 2.31 bits per heavy atom. The van der Waals surface area contributed by atoms with Gasteiger partial charge in [0, 0.05) is 13.2 Å². The van der Waals surface area contributed by atoms with Crippen molar-refractivity contribution in [2.75, 3.05) is 0 Å². The predicted octanol–water partition coefficient (Wildman–Crippen LogP) is 1.38. The van der Waals surface area contributed by atoms with Crippen LogP contribution in [0.25, 0.3) is 0 Å². The van der Waals surface area contributed by atoms with Crippen molar-refractivity contribution in [2.24, 2.45) is 7.05 Å². The van der Waals surface area contributed by atoms with Gasteiger partial charge >= 0.3 is 0 Å². The molecule has 0 aliphatic heterocycles. The molecule has 4 heteroatoms. The number of aryl methyl sites for hydroxylation is 1. The monoisotopic (exact) mass is 218 g/mol. The van der Waals surface area contributed by atoms with Crippen LogP contribution in [-0.4, -0.2) is 20.0 Å². The molecule has 1 atom stereocenters. The molecule has 0 fully saturated rings. The van der Waals surface area contributed by atoms with Gasteiger partial charge in [0.2, 0.25) is 0 Å². The van der Waals surface area contributed by atoms with Crippen LogP contribution in [0.3, 0.4) is 0 Å². The third-order valence-corrected chi connectivity index (χ3v) is 2.75. The quantitative estimate of drug-likeness (QED) is 0.800. The second-order valence-electron chi connectivity index (χ2n) is 3.96. The van der Waals surface area contributed by atoms with E-state index < -0.39 is 5.60 Å². The van der Waals surface area contributed by atoms with Gasteiger partial charge in [0.15, 0.2) is 0 Å². The number of hydrogen-bond donors (Lipinski definition) is 2. The largest absolute Gasteiger partial charge is 0.508 e. The second-order valence-corrected chi connectivity index (χ2v) is 3.96. The number of nitrogens with zero attached hydrogens (tertiary/aromatic N) is 2. The van der Waals surface area contributed by atoms with Crippen LogP contribution in [0, 0.1) is 0 Å². The van der Waals surface area contributed by atoms with Crippen molar-refractivity contribution in [1.29, 1.82) is 0 Å². The van der Waals surface area contributed by atoms with Gasteiger partial charge in [-0.2, -0.15) is 5.10 Å². The first-order valence-electron chi connectivity index (χ1n) is 5.02. The Bertz CT molecular complexity index is 486. The van der Waals surface area contributed by atoms with Crippen molar-refractivity contribution < 1.29 is 10.2 Å². The highest BCUT2D eigenvalue weighted by Crippen LogP contribution is 2.29. The molecular weight excluding hydrogens is 204 g/mol. The first-order valence-corrected chi connectivity index (χ1v) is 5.02. The van der Waals surface area contributed by atoms with E-state index in [9.17, 15) is 10.2 Å². The number of phenolic OH excluding ortho intramolecular Hbond substituents is 1. The molecule has 1 aromatic carbocycles. The Kier molecular flexibility index (Phi) is 2.44. The molecule has 0 radical (unpaired) electrons. The first kappa shape index (κ1) is 10.7. The molecule has 0 spiro atoms. The van der Waals surface area contributed by atoms with E-state index in [1.54, 1.807) is 55.2 Å². The fraction of sp³-hybridized carbons (Fsp3) is 0.250. The van der Waals surface area contributed by atoms with E-state index in [4.69, 9.17) is 0 Å². The van der Waals surface area contributed by atoms with Gasteiger partial charge in [0.25, 0.3) is 0 Å². The Hall–Kier alpha value is -1.81. The Morgan fingerprint density at radius 1 is 1.19 bits per heavy atom. The van der Waals surface area contributed by atoms with E-state index in [2.05, 4.69) is 5.10 Å². The van der Waals surface area contributed by atoms with Crippen molar-refractivity contribution >= 4 is 0 Å². The molecule has 0 bridgehead atoms. The highest BCUT2D eigenvalue weighted by molar-refractivity contribution is 5.34. The summed E-state index contributed by atoms with van der Waals surface area (Å²) in [5.74, 6) is 0.185. The summed E-state index contributed by atoms with van der Waals surface area (Å²) in [5, 5.41) is 23.7. The summed E-state index contributed by atoms with van der Waals surface area (Å²) in [5.41, 5.74) is 0.311. The third kappa shape index (κ3) is 1.67. The van der Waals surface area contributed by atoms with Crippen LogP contribution in [0.15, 0.2) is 36.5 Å². The second kappa shape index (κ2) is 3.64. The zero-order valence-corrected chi connectivity index (χ0v) is 9.25. The topological polar surface area (TPSA) is 58.3 Å². The van der Waals surface area contributed by atoms with Gasteiger partial charge in [-0.3, -0.25) is 4.68 Å². The van der Waals surface area contributed by atoms with Gasteiger partial charge in [-0.25, -0.2) is 0 Å². The normalized spacial score (nSPS) is 14.7. The summed E-state index contributed by atoms with van der Waals surface area (Å²) in [7, 11) is 1.78. The number of hydrogen-bond acceptors (Lipinski definition) is 3. The number of rotatable bonds is 2. The summed E-state index contributed by atoms with van der Waals surface area (Å²) >= 11 is 0. The minimum Gasteiger partial charge on any atom is -0.508 e. The summed E-state index contributed by atoms with van der Waals surface area (Å²) < 4.78 is 1.63. The standard InChI is InChI=1S/C12H14N2O2/c1-12(16,11-7-8-13-14(11)2)9-3-5-10(15)6-4-9/h3-8,15-16H,1-2H3. The molecule has 1 unspecified atom stereocenters. The van der Waals surface area contributed by atoms with Gasteiger partial charge < -0.3 is 10.2 Å². The van der Waals surface area contributed by atoms with Crippen LogP contribution in [-0.2, 0) is 12.6 Å². The molecule has 2 rings (SSSR count). The van der Waals surface area contributed by atoms with Crippen molar-refractivity contribution in [3.05, 3.63) is 47.8 Å². The lowest BCUT2D eigenvalue weighted by Crippen LogP contribution is -2.25. The maximum absolute atomic E-state index is 10.5. The molecule has 16 heavy (non-hydrogen) atoms. The summed E-state index contributed by atoms with van der Waals surface area (Å²) in [4.78, 5) is 0. The SMILES string of the molecule is Cn1nccc1C(C)(O)c1ccc(O)cc1. The van der Waals surface area contributed by atoms with Gasteiger partial charge in [0.05, 0.1) is 5.69 Å². The van der Waals surface area contributed by atoms with Gasteiger partial charge in [-0.05, 0) is 30.7 Å². The molecular formula is C12H14N2O2. The fourth-order valence-corrected chi connectivity index (χ4v) is 1.79. The number of aromatic hydroxyl groups is 1. The molecule has 1 heterocycles. The van der Waals surface area contributed by atoms with Crippen molar-refractivity contribution in [2.45, 2.75) is 12.5 Å². The molecule has 2 aromatic rings. The molecule has 1 aromatic heterocycles. The Labute approximate surface area is 93.8 Å². The lowest BCUT2D eigenvalue weighted by molar-refractivity contribution is 0.0928. The molecule has 2 N–H and O–H groups in total. The Balaban J connectivity index is 2.46. The van der Waals surface area contributed by atoms with Crippen molar-refractivity contribution in [1.82, 2.24) is 9.78 Å². The van der Waals surface area contributed by atoms with E-state index in [1.807, 2.05) is 0 Å². The Morgan fingerprint density at radius 2 is 1.81 bits per heavy atom. The number of phenols is 1. The van der Waals surface area contributed by atoms with Crippen LogP contribution >= 0.6 is 0 Å². The fourth-order valence-electron chi connectivity index (χ4n) is 1.79. The van der Waals surface area contributed by atoms with Crippen LogP contribution < -0.4 is 0 Å². The van der Waals surface area contributed by atoms with E-state index in [0.717, 1.165) is 0 Å². The lowest BCUT2D eigenvalue weighted by Gasteiger charge is -2.24. The van der Waals surface area contributed by atoms with Crippen LogP contribution in [0.4, 0.5) is 0 Å². The molecule has 84 valence electrons. The molecule has 0 saturated heterocycles. The van der Waals surface area contributed by atoms with Gasteiger partial charge in [-0.1, -0.05) is 12.1 Å². The lowest BCUT2D eigenvalue weighted by atomic mass is 9.92. The minimum absolute atomic E-state index is 0.185. The van der Waals surface area contributed by atoms with E-state index >= 15 is 0 Å². The number of aromatic nitrogens is 2. The highest BCUT2D eigenvalue weighted by Gasteiger charge is 2.28. The maximum atomic E-state index is 10.5. The third-order valence-electron chi connectivity index (χ3n) is 2.75. The summed E-state index contributed by atoms with van der Waals surface area (Å²) in [6.45, 7) is 1.70. The van der Waals surface area contributed by atoms with E-state index in [0.29, 0.717) is 11.3 Å². The highest BCUT2D eigenvalue weighted by atomic mass is 16.3. The summed E-state index contributed by atoms with van der Waals surface area (Å²) in [6.07, 6.45) is 1.64. The van der Waals surface area contributed by atoms with Gasteiger partial charge in [0.1, 0.15) is 11.4 Å². The molecule has 4 nitrogen and oxygen atoms in total.